The number of aryl methyl sites for hydroxylation is 2. The lowest BCUT2D eigenvalue weighted by atomic mass is 10.1. The summed E-state index contributed by atoms with van der Waals surface area (Å²) in [5, 5.41) is 3.49. The van der Waals surface area contributed by atoms with E-state index in [1.54, 1.807) is 29.1 Å². The van der Waals surface area contributed by atoms with E-state index in [9.17, 15) is 9.59 Å². The molecule has 2 heterocycles. The molecule has 0 unspecified atom stereocenters. The number of anilines is 1. The number of amides is 1. The maximum absolute atomic E-state index is 12.2. The molecule has 5 heteroatoms. The first-order valence-corrected chi connectivity index (χ1v) is 7.08. The minimum atomic E-state index is -0.147. The van der Waals surface area contributed by atoms with Crippen molar-refractivity contribution in [2.75, 3.05) is 5.32 Å². The first kappa shape index (κ1) is 14.1. The fraction of sp³-hybridized carbons (Fsp3) is 0.176. The monoisotopic (exact) mass is 295 g/mol. The SMILES string of the molecule is Cc1ccc(NC(=O)Cn2ccc3c(=O)[nH]ccc32)c(C)c1. The predicted molar refractivity (Wildman–Crippen MR) is 87.1 cm³/mol. The molecule has 0 saturated carbocycles. The van der Waals surface area contributed by atoms with Crippen molar-refractivity contribution in [2.24, 2.45) is 0 Å². The van der Waals surface area contributed by atoms with Gasteiger partial charge in [0, 0.05) is 18.1 Å². The van der Waals surface area contributed by atoms with Crippen LogP contribution in [-0.2, 0) is 11.3 Å². The smallest absolute Gasteiger partial charge is 0.257 e. The van der Waals surface area contributed by atoms with E-state index in [4.69, 9.17) is 0 Å². The Morgan fingerprint density at radius 2 is 2.05 bits per heavy atom. The molecule has 22 heavy (non-hydrogen) atoms. The molecule has 1 aromatic carbocycles. The quantitative estimate of drug-likeness (QED) is 0.780. The topological polar surface area (TPSA) is 66.9 Å². The average Bonchev–Trinajstić information content (AvgIpc) is 2.87. The largest absolute Gasteiger partial charge is 0.338 e. The number of pyridine rings is 1. The molecular formula is C17H17N3O2. The van der Waals surface area contributed by atoms with E-state index < -0.39 is 0 Å². The molecule has 0 fully saturated rings. The Kier molecular flexibility index (Phi) is 3.55. The van der Waals surface area contributed by atoms with Crippen LogP contribution in [0.3, 0.4) is 0 Å². The second-order valence-electron chi connectivity index (χ2n) is 5.42. The lowest BCUT2D eigenvalue weighted by Gasteiger charge is -2.10. The number of H-pyrrole nitrogens is 1. The van der Waals surface area contributed by atoms with E-state index in [0.29, 0.717) is 5.39 Å². The molecule has 112 valence electrons. The first-order valence-electron chi connectivity index (χ1n) is 7.08. The Hall–Kier alpha value is -2.82. The molecular weight excluding hydrogens is 278 g/mol. The summed E-state index contributed by atoms with van der Waals surface area (Å²) in [6.45, 7) is 4.15. The lowest BCUT2D eigenvalue weighted by Crippen LogP contribution is -2.19. The standard InChI is InChI=1S/C17H17N3O2/c1-11-3-4-14(12(2)9-11)19-16(21)10-20-8-6-13-15(20)5-7-18-17(13)22/h3-9H,10H2,1-2H3,(H,18,22)(H,19,21). The molecule has 3 aromatic rings. The molecule has 3 rings (SSSR count). The Bertz CT molecular complexity index is 906. The van der Waals surface area contributed by atoms with Gasteiger partial charge in [-0.25, -0.2) is 0 Å². The van der Waals surface area contributed by atoms with Crippen LogP contribution in [0.2, 0.25) is 0 Å². The van der Waals surface area contributed by atoms with Gasteiger partial charge < -0.3 is 14.9 Å². The summed E-state index contributed by atoms with van der Waals surface area (Å²) in [5.74, 6) is -0.121. The van der Waals surface area contributed by atoms with Gasteiger partial charge in [-0.1, -0.05) is 17.7 Å². The summed E-state index contributed by atoms with van der Waals surface area (Å²) in [5.41, 5.74) is 3.60. The minimum absolute atomic E-state index is 0.121. The summed E-state index contributed by atoms with van der Waals surface area (Å²) in [6, 6.07) is 9.41. The minimum Gasteiger partial charge on any atom is -0.338 e. The third kappa shape index (κ3) is 2.65. The van der Waals surface area contributed by atoms with E-state index in [-0.39, 0.29) is 18.0 Å². The summed E-state index contributed by atoms with van der Waals surface area (Å²) >= 11 is 0. The molecule has 5 nitrogen and oxygen atoms in total. The van der Waals surface area contributed by atoms with Gasteiger partial charge in [-0.2, -0.15) is 0 Å². The fourth-order valence-corrected chi connectivity index (χ4v) is 2.57. The Labute approximate surface area is 127 Å². The molecule has 0 atom stereocenters. The number of hydrogen-bond acceptors (Lipinski definition) is 2. The van der Waals surface area contributed by atoms with Crippen molar-refractivity contribution >= 4 is 22.5 Å². The third-order valence-electron chi connectivity index (χ3n) is 3.68. The lowest BCUT2D eigenvalue weighted by molar-refractivity contribution is -0.116. The van der Waals surface area contributed by atoms with Gasteiger partial charge in [0.2, 0.25) is 5.91 Å². The second-order valence-corrected chi connectivity index (χ2v) is 5.42. The Balaban J connectivity index is 1.81. The highest BCUT2D eigenvalue weighted by Crippen LogP contribution is 2.16. The van der Waals surface area contributed by atoms with Gasteiger partial charge in [-0.15, -0.1) is 0 Å². The molecule has 0 aliphatic heterocycles. The van der Waals surface area contributed by atoms with E-state index in [2.05, 4.69) is 10.3 Å². The van der Waals surface area contributed by atoms with Gasteiger partial charge in [0.25, 0.3) is 5.56 Å². The Morgan fingerprint density at radius 3 is 2.82 bits per heavy atom. The molecule has 0 saturated heterocycles. The molecule has 0 aliphatic carbocycles. The Morgan fingerprint density at radius 1 is 1.23 bits per heavy atom. The summed E-state index contributed by atoms with van der Waals surface area (Å²) in [7, 11) is 0. The van der Waals surface area contributed by atoms with Crippen molar-refractivity contribution in [3.8, 4) is 0 Å². The van der Waals surface area contributed by atoms with E-state index in [1.165, 1.54) is 0 Å². The zero-order valence-corrected chi connectivity index (χ0v) is 12.5. The molecule has 1 amide bonds. The van der Waals surface area contributed by atoms with Gasteiger partial charge in [-0.05, 0) is 37.6 Å². The molecule has 2 aromatic heterocycles. The summed E-state index contributed by atoms with van der Waals surface area (Å²) in [6.07, 6.45) is 3.34. The highest BCUT2D eigenvalue weighted by atomic mass is 16.2. The second kappa shape index (κ2) is 5.52. The number of aromatic amines is 1. The van der Waals surface area contributed by atoms with Crippen LogP contribution in [-0.4, -0.2) is 15.5 Å². The number of rotatable bonds is 3. The van der Waals surface area contributed by atoms with E-state index in [1.807, 2.05) is 32.0 Å². The van der Waals surface area contributed by atoms with Crippen molar-refractivity contribution in [3.63, 3.8) is 0 Å². The van der Waals surface area contributed by atoms with Crippen LogP contribution < -0.4 is 10.9 Å². The first-order chi connectivity index (χ1) is 10.5. The number of hydrogen-bond donors (Lipinski definition) is 2. The van der Waals surface area contributed by atoms with Gasteiger partial charge in [0.05, 0.1) is 10.9 Å². The highest BCUT2D eigenvalue weighted by Gasteiger charge is 2.09. The average molecular weight is 295 g/mol. The number of carbonyl (C=O) groups is 1. The molecule has 0 aliphatic rings. The van der Waals surface area contributed by atoms with Crippen molar-refractivity contribution in [1.29, 1.82) is 0 Å². The maximum Gasteiger partial charge on any atom is 0.257 e. The number of nitrogens with zero attached hydrogens (tertiary/aromatic N) is 1. The number of fused-ring (bicyclic) bond motifs is 1. The van der Waals surface area contributed by atoms with Crippen molar-refractivity contribution in [3.05, 3.63) is 64.2 Å². The van der Waals surface area contributed by atoms with Crippen molar-refractivity contribution in [2.45, 2.75) is 20.4 Å². The number of benzene rings is 1. The van der Waals surface area contributed by atoms with Crippen LogP contribution in [0.1, 0.15) is 11.1 Å². The number of carbonyl (C=O) groups excluding carboxylic acids is 1. The highest BCUT2D eigenvalue weighted by molar-refractivity contribution is 5.92. The van der Waals surface area contributed by atoms with Crippen molar-refractivity contribution in [1.82, 2.24) is 9.55 Å². The van der Waals surface area contributed by atoms with Crippen LogP contribution in [0.25, 0.3) is 10.9 Å². The van der Waals surface area contributed by atoms with Gasteiger partial charge in [-0.3, -0.25) is 9.59 Å². The van der Waals surface area contributed by atoms with Crippen LogP contribution in [0.4, 0.5) is 5.69 Å². The number of aromatic nitrogens is 2. The molecule has 0 radical (unpaired) electrons. The fourth-order valence-electron chi connectivity index (χ4n) is 2.57. The van der Waals surface area contributed by atoms with Crippen LogP contribution in [0.15, 0.2) is 47.5 Å². The zero-order chi connectivity index (χ0) is 15.7. The maximum atomic E-state index is 12.2. The predicted octanol–water partition coefficient (Wildman–Crippen LogP) is 2.59. The summed E-state index contributed by atoms with van der Waals surface area (Å²) in [4.78, 5) is 26.5. The normalized spacial score (nSPS) is 10.8. The molecule has 0 bridgehead atoms. The van der Waals surface area contributed by atoms with Crippen molar-refractivity contribution < 1.29 is 4.79 Å². The van der Waals surface area contributed by atoms with Crippen LogP contribution in [0.5, 0.6) is 0 Å². The third-order valence-corrected chi connectivity index (χ3v) is 3.68. The molecule has 2 N–H and O–H groups in total. The van der Waals surface area contributed by atoms with Gasteiger partial charge in [0.15, 0.2) is 0 Å². The van der Waals surface area contributed by atoms with E-state index in [0.717, 1.165) is 22.3 Å². The zero-order valence-electron chi connectivity index (χ0n) is 12.5. The van der Waals surface area contributed by atoms with E-state index >= 15 is 0 Å². The van der Waals surface area contributed by atoms with Gasteiger partial charge in [0.1, 0.15) is 6.54 Å². The van der Waals surface area contributed by atoms with Crippen LogP contribution >= 0.6 is 0 Å². The number of nitrogens with one attached hydrogen (secondary N) is 2. The van der Waals surface area contributed by atoms with Gasteiger partial charge >= 0.3 is 0 Å². The van der Waals surface area contributed by atoms with Crippen LogP contribution in [0, 0.1) is 13.8 Å². The summed E-state index contributed by atoms with van der Waals surface area (Å²) < 4.78 is 1.77. The molecule has 0 spiro atoms.